The average molecular weight is 227 g/mol. The lowest BCUT2D eigenvalue weighted by Gasteiger charge is -2.04. The van der Waals surface area contributed by atoms with E-state index in [2.05, 4.69) is 37.0 Å². The molecule has 0 fully saturated rings. The van der Waals surface area contributed by atoms with Crippen molar-refractivity contribution < 1.29 is 4.74 Å². The Morgan fingerprint density at radius 2 is 2.00 bits per heavy atom. The van der Waals surface area contributed by atoms with Gasteiger partial charge in [-0.15, -0.1) is 0 Å². The molecule has 0 saturated heterocycles. The van der Waals surface area contributed by atoms with Crippen molar-refractivity contribution in [3.8, 4) is 0 Å². The summed E-state index contributed by atoms with van der Waals surface area (Å²) in [5.41, 5.74) is 2.23. The Bertz CT molecular complexity index is 454. The van der Waals surface area contributed by atoms with E-state index < -0.39 is 0 Å². The zero-order valence-electron chi connectivity index (χ0n) is 10.3. The molecule has 1 atom stereocenters. The van der Waals surface area contributed by atoms with Gasteiger partial charge in [-0.25, -0.2) is 4.99 Å². The highest BCUT2D eigenvalue weighted by atomic mass is 16.5. The van der Waals surface area contributed by atoms with Crippen molar-refractivity contribution in [3.05, 3.63) is 60.0 Å². The molecule has 1 aromatic rings. The van der Waals surface area contributed by atoms with Gasteiger partial charge >= 0.3 is 0 Å². The highest BCUT2D eigenvalue weighted by Gasteiger charge is 2.04. The van der Waals surface area contributed by atoms with Crippen LogP contribution in [0.15, 0.2) is 53.9 Å². The monoisotopic (exact) mass is 227 g/mol. The highest BCUT2D eigenvalue weighted by molar-refractivity contribution is 5.94. The molecule has 0 aliphatic carbocycles. The molecule has 0 amide bonds. The minimum atomic E-state index is 0.496. The number of benzene rings is 1. The lowest BCUT2D eigenvalue weighted by molar-refractivity contribution is 0.470. The minimum absolute atomic E-state index is 0.496. The number of rotatable bonds is 1. The number of hydrogen-bond donors (Lipinski definition) is 0. The quantitative estimate of drug-likeness (QED) is 0.714. The molecule has 1 unspecified atom stereocenters. The van der Waals surface area contributed by atoms with Gasteiger partial charge in [0.25, 0.3) is 0 Å². The Morgan fingerprint density at radius 1 is 1.24 bits per heavy atom. The third-order valence-corrected chi connectivity index (χ3v) is 2.69. The van der Waals surface area contributed by atoms with Crippen LogP contribution in [0.2, 0.25) is 0 Å². The molecule has 1 aliphatic heterocycles. The largest absolute Gasteiger partial charge is 0.446 e. The maximum Gasteiger partial charge on any atom is 0.225 e. The second-order valence-corrected chi connectivity index (χ2v) is 4.34. The molecule has 1 heterocycles. The van der Waals surface area contributed by atoms with Crippen molar-refractivity contribution in [1.82, 2.24) is 0 Å². The summed E-state index contributed by atoms with van der Waals surface area (Å²) in [6, 6.07) is 8.17. The van der Waals surface area contributed by atoms with Crippen molar-refractivity contribution in [2.24, 2.45) is 10.9 Å². The minimum Gasteiger partial charge on any atom is -0.446 e. The van der Waals surface area contributed by atoms with E-state index in [1.165, 1.54) is 5.56 Å². The van der Waals surface area contributed by atoms with Gasteiger partial charge in [-0.3, -0.25) is 0 Å². The molecule has 0 bridgehead atoms. The highest BCUT2D eigenvalue weighted by Crippen LogP contribution is 2.11. The summed E-state index contributed by atoms with van der Waals surface area (Å²) in [4.78, 5) is 4.36. The van der Waals surface area contributed by atoms with E-state index in [9.17, 15) is 0 Å². The molecule has 2 rings (SSSR count). The van der Waals surface area contributed by atoms with Crippen LogP contribution in [0, 0.1) is 12.8 Å². The van der Waals surface area contributed by atoms with Gasteiger partial charge in [-0.05, 0) is 37.5 Å². The SMILES string of the molecule is Cc1ccc(C2=N/C=C/C(C)C/C=C/O2)cc1. The van der Waals surface area contributed by atoms with E-state index in [0.29, 0.717) is 11.8 Å². The lowest BCUT2D eigenvalue weighted by atomic mass is 10.1. The van der Waals surface area contributed by atoms with Crippen molar-refractivity contribution in [1.29, 1.82) is 0 Å². The van der Waals surface area contributed by atoms with Crippen LogP contribution in [0.5, 0.6) is 0 Å². The molecular formula is C15H17NO. The standard InChI is InChI=1S/C15H17NO/c1-12-4-3-11-17-15(16-10-9-12)14-7-5-13(2)6-8-14/h3,5-12H,4H2,1-2H3/b10-9+,11-3+,16-15?. The molecule has 0 saturated carbocycles. The molecule has 0 radical (unpaired) electrons. The van der Waals surface area contributed by atoms with Gasteiger partial charge in [0.15, 0.2) is 0 Å². The van der Waals surface area contributed by atoms with Crippen LogP contribution in [0.3, 0.4) is 0 Å². The van der Waals surface area contributed by atoms with E-state index in [-0.39, 0.29) is 0 Å². The van der Waals surface area contributed by atoms with Crippen molar-refractivity contribution >= 4 is 5.90 Å². The molecule has 1 aromatic carbocycles. The molecule has 0 N–H and O–H groups in total. The molecule has 2 nitrogen and oxygen atoms in total. The predicted molar refractivity (Wildman–Crippen MR) is 70.9 cm³/mol. The number of hydrogen-bond acceptors (Lipinski definition) is 2. The fraction of sp³-hybridized carbons (Fsp3) is 0.267. The number of ether oxygens (including phenoxy) is 1. The number of aliphatic imine (C=N–C) groups is 1. The van der Waals surface area contributed by atoms with Gasteiger partial charge in [0.05, 0.1) is 6.26 Å². The third-order valence-electron chi connectivity index (χ3n) is 2.69. The summed E-state index contributed by atoms with van der Waals surface area (Å²) in [5, 5.41) is 0. The van der Waals surface area contributed by atoms with Gasteiger partial charge in [0.1, 0.15) is 0 Å². The van der Waals surface area contributed by atoms with E-state index >= 15 is 0 Å². The van der Waals surface area contributed by atoms with Gasteiger partial charge in [-0.1, -0.05) is 30.7 Å². The summed E-state index contributed by atoms with van der Waals surface area (Å²) in [7, 11) is 0. The fourth-order valence-corrected chi connectivity index (χ4v) is 1.59. The van der Waals surface area contributed by atoms with Crippen molar-refractivity contribution in [3.63, 3.8) is 0 Å². The second-order valence-electron chi connectivity index (χ2n) is 4.34. The summed E-state index contributed by atoms with van der Waals surface area (Å²) < 4.78 is 5.56. The van der Waals surface area contributed by atoms with Crippen molar-refractivity contribution in [2.75, 3.05) is 0 Å². The van der Waals surface area contributed by atoms with E-state index in [1.54, 1.807) is 6.26 Å². The first kappa shape index (κ1) is 11.6. The first-order chi connectivity index (χ1) is 8.25. The first-order valence-corrected chi connectivity index (χ1v) is 5.89. The molecule has 88 valence electrons. The lowest BCUT2D eigenvalue weighted by Crippen LogP contribution is -2.01. The fourth-order valence-electron chi connectivity index (χ4n) is 1.59. The Morgan fingerprint density at radius 3 is 2.76 bits per heavy atom. The van der Waals surface area contributed by atoms with Gasteiger partial charge in [-0.2, -0.15) is 0 Å². The summed E-state index contributed by atoms with van der Waals surface area (Å²) in [6.45, 7) is 4.23. The summed E-state index contributed by atoms with van der Waals surface area (Å²) in [6.07, 6.45) is 8.65. The maximum absolute atomic E-state index is 5.56. The zero-order chi connectivity index (χ0) is 12.1. The third kappa shape index (κ3) is 3.31. The topological polar surface area (TPSA) is 21.6 Å². The summed E-state index contributed by atoms with van der Waals surface area (Å²) >= 11 is 0. The smallest absolute Gasteiger partial charge is 0.225 e. The zero-order valence-corrected chi connectivity index (χ0v) is 10.3. The molecular weight excluding hydrogens is 210 g/mol. The van der Waals surface area contributed by atoms with E-state index in [0.717, 1.165) is 12.0 Å². The maximum atomic E-state index is 5.56. The normalized spacial score (nSPS) is 23.6. The van der Waals surface area contributed by atoms with Crippen LogP contribution >= 0.6 is 0 Å². The van der Waals surface area contributed by atoms with E-state index in [4.69, 9.17) is 4.74 Å². The van der Waals surface area contributed by atoms with Crippen LogP contribution in [-0.2, 0) is 4.74 Å². The summed E-state index contributed by atoms with van der Waals surface area (Å²) in [5.74, 6) is 1.14. The van der Waals surface area contributed by atoms with Crippen LogP contribution in [0.1, 0.15) is 24.5 Å². The second kappa shape index (κ2) is 5.48. The Kier molecular flexibility index (Phi) is 3.76. The number of nitrogens with zero attached hydrogens (tertiary/aromatic N) is 1. The Hall–Kier alpha value is -1.83. The van der Waals surface area contributed by atoms with Gasteiger partial charge in [0.2, 0.25) is 5.90 Å². The Balaban J connectivity index is 2.26. The van der Waals surface area contributed by atoms with Gasteiger partial charge < -0.3 is 4.74 Å². The van der Waals surface area contributed by atoms with E-state index in [1.807, 2.05) is 24.4 Å². The molecule has 0 aromatic heterocycles. The molecule has 17 heavy (non-hydrogen) atoms. The molecule has 0 spiro atoms. The number of aryl methyl sites for hydroxylation is 1. The van der Waals surface area contributed by atoms with Crippen LogP contribution < -0.4 is 0 Å². The molecule has 2 heteroatoms. The van der Waals surface area contributed by atoms with Crippen LogP contribution in [-0.4, -0.2) is 5.90 Å². The first-order valence-electron chi connectivity index (χ1n) is 5.89. The Labute approximate surface area is 102 Å². The predicted octanol–water partition coefficient (Wildman–Crippen LogP) is 3.83. The van der Waals surface area contributed by atoms with Crippen LogP contribution in [0.4, 0.5) is 0 Å². The van der Waals surface area contributed by atoms with Crippen LogP contribution in [0.25, 0.3) is 0 Å². The van der Waals surface area contributed by atoms with Crippen molar-refractivity contribution in [2.45, 2.75) is 20.3 Å². The average Bonchev–Trinajstić information content (AvgIpc) is 2.43. The number of allylic oxidation sites excluding steroid dienone is 2. The van der Waals surface area contributed by atoms with Gasteiger partial charge in [0, 0.05) is 11.8 Å². The molecule has 1 aliphatic rings.